The Morgan fingerprint density at radius 3 is 2.54 bits per heavy atom. The molecule has 0 saturated carbocycles. The quantitative estimate of drug-likeness (QED) is 0.832. The van der Waals surface area contributed by atoms with Crippen LogP contribution in [-0.2, 0) is 14.8 Å². The SMILES string of the molecule is Cc1cnc2c(S(=O)(=O)N3CCC(C(=O)NC(C)C(C)C)CC3)cccc2c1. The highest BCUT2D eigenvalue weighted by Gasteiger charge is 2.33. The molecule has 1 unspecified atom stereocenters. The lowest BCUT2D eigenvalue weighted by atomic mass is 9.96. The van der Waals surface area contributed by atoms with Crippen LogP contribution in [0.25, 0.3) is 10.9 Å². The molecule has 1 aromatic heterocycles. The van der Waals surface area contributed by atoms with Crippen molar-refractivity contribution in [2.24, 2.45) is 11.8 Å². The zero-order valence-corrected chi connectivity index (χ0v) is 17.8. The van der Waals surface area contributed by atoms with Crippen molar-refractivity contribution in [2.45, 2.75) is 51.5 Å². The molecule has 0 spiro atoms. The first kappa shape index (κ1) is 20.7. The minimum Gasteiger partial charge on any atom is -0.353 e. The van der Waals surface area contributed by atoms with Crippen molar-refractivity contribution in [1.29, 1.82) is 0 Å². The first-order valence-electron chi connectivity index (χ1n) is 9.86. The molecule has 7 heteroatoms. The lowest BCUT2D eigenvalue weighted by Crippen LogP contribution is -2.45. The molecule has 1 fully saturated rings. The number of aromatic nitrogens is 1. The second-order valence-corrected chi connectivity index (χ2v) is 9.97. The van der Waals surface area contributed by atoms with Gasteiger partial charge >= 0.3 is 0 Å². The first-order valence-corrected chi connectivity index (χ1v) is 11.3. The van der Waals surface area contributed by atoms with Gasteiger partial charge in [0.25, 0.3) is 0 Å². The number of benzene rings is 1. The molecule has 152 valence electrons. The molecule has 0 aliphatic carbocycles. The van der Waals surface area contributed by atoms with Crippen LogP contribution in [0.3, 0.4) is 0 Å². The van der Waals surface area contributed by atoms with Crippen molar-refractivity contribution in [2.75, 3.05) is 13.1 Å². The normalized spacial score (nSPS) is 17.8. The van der Waals surface area contributed by atoms with E-state index in [1.807, 2.05) is 26.0 Å². The molecule has 6 nitrogen and oxygen atoms in total. The fraction of sp³-hybridized carbons (Fsp3) is 0.524. The zero-order chi connectivity index (χ0) is 20.5. The molecule has 0 radical (unpaired) electrons. The number of amides is 1. The fourth-order valence-electron chi connectivity index (χ4n) is 3.46. The fourth-order valence-corrected chi connectivity index (χ4v) is 5.09. The van der Waals surface area contributed by atoms with Gasteiger partial charge in [0.1, 0.15) is 4.90 Å². The lowest BCUT2D eigenvalue weighted by Gasteiger charge is -2.31. The van der Waals surface area contributed by atoms with Crippen molar-refractivity contribution >= 4 is 26.8 Å². The van der Waals surface area contributed by atoms with E-state index >= 15 is 0 Å². The van der Waals surface area contributed by atoms with E-state index in [2.05, 4.69) is 24.1 Å². The summed E-state index contributed by atoms with van der Waals surface area (Å²) in [6, 6.07) is 7.29. The topological polar surface area (TPSA) is 79.4 Å². The monoisotopic (exact) mass is 403 g/mol. The van der Waals surface area contributed by atoms with Gasteiger partial charge < -0.3 is 5.32 Å². The van der Waals surface area contributed by atoms with Gasteiger partial charge in [-0.1, -0.05) is 26.0 Å². The number of nitrogens with zero attached hydrogens (tertiary/aromatic N) is 2. The second kappa shape index (κ2) is 8.17. The molecular formula is C21H29N3O3S. The zero-order valence-electron chi connectivity index (χ0n) is 17.0. The Morgan fingerprint density at radius 2 is 1.89 bits per heavy atom. The maximum atomic E-state index is 13.2. The number of sulfonamides is 1. The molecule has 1 aromatic carbocycles. The van der Waals surface area contributed by atoms with Crippen molar-refractivity contribution in [1.82, 2.24) is 14.6 Å². The van der Waals surface area contributed by atoms with Gasteiger partial charge in [0.05, 0.1) is 5.52 Å². The van der Waals surface area contributed by atoms with Gasteiger partial charge in [-0.05, 0) is 50.3 Å². The maximum Gasteiger partial charge on any atom is 0.245 e. The summed E-state index contributed by atoms with van der Waals surface area (Å²) < 4.78 is 27.9. The number of hydrogen-bond acceptors (Lipinski definition) is 4. The molecule has 1 atom stereocenters. The van der Waals surface area contributed by atoms with Crippen LogP contribution in [-0.4, -0.2) is 42.7 Å². The molecule has 3 rings (SSSR count). The summed E-state index contributed by atoms with van der Waals surface area (Å²) in [4.78, 5) is 17.1. The summed E-state index contributed by atoms with van der Waals surface area (Å²) in [5, 5.41) is 3.86. The third kappa shape index (κ3) is 4.20. The average molecular weight is 404 g/mol. The van der Waals surface area contributed by atoms with Crippen LogP contribution >= 0.6 is 0 Å². The van der Waals surface area contributed by atoms with Crippen molar-refractivity contribution in [3.63, 3.8) is 0 Å². The van der Waals surface area contributed by atoms with Crippen LogP contribution < -0.4 is 5.32 Å². The van der Waals surface area contributed by atoms with E-state index < -0.39 is 10.0 Å². The number of pyridine rings is 1. The molecule has 2 aromatic rings. The van der Waals surface area contributed by atoms with Crippen molar-refractivity contribution in [3.05, 3.63) is 36.0 Å². The third-order valence-electron chi connectivity index (χ3n) is 5.62. The number of para-hydroxylation sites is 1. The number of nitrogens with one attached hydrogen (secondary N) is 1. The van der Waals surface area contributed by atoms with E-state index in [-0.39, 0.29) is 22.8 Å². The highest BCUT2D eigenvalue weighted by Crippen LogP contribution is 2.28. The molecule has 28 heavy (non-hydrogen) atoms. The number of rotatable bonds is 5. The third-order valence-corrected chi connectivity index (χ3v) is 7.55. The largest absolute Gasteiger partial charge is 0.353 e. The molecule has 0 bridgehead atoms. The van der Waals surface area contributed by atoms with Crippen molar-refractivity contribution < 1.29 is 13.2 Å². The Bertz CT molecular complexity index is 964. The average Bonchev–Trinajstić information content (AvgIpc) is 2.67. The molecule has 1 amide bonds. The Morgan fingerprint density at radius 1 is 1.21 bits per heavy atom. The molecular weight excluding hydrogens is 374 g/mol. The summed E-state index contributed by atoms with van der Waals surface area (Å²) >= 11 is 0. The van der Waals surface area contributed by atoms with Crippen molar-refractivity contribution in [3.8, 4) is 0 Å². The lowest BCUT2D eigenvalue weighted by molar-refractivity contribution is -0.127. The molecule has 2 heterocycles. The van der Waals surface area contributed by atoms with Gasteiger partial charge in [-0.2, -0.15) is 4.31 Å². The van der Waals surface area contributed by atoms with E-state index in [1.165, 1.54) is 4.31 Å². The Hall–Kier alpha value is -1.99. The van der Waals surface area contributed by atoms with E-state index in [0.717, 1.165) is 10.9 Å². The Balaban J connectivity index is 1.75. The van der Waals surface area contributed by atoms with Crippen LogP contribution in [0.15, 0.2) is 35.4 Å². The predicted molar refractivity (Wildman–Crippen MR) is 110 cm³/mol. The molecule has 1 aliphatic rings. The minimum absolute atomic E-state index is 0.0283. The summed E-state index contributed by atoms with van der Waals surface area (Å²) in [5.41, 5.74) is 1.49. The number of carbonyl (C=O) groups is 1. The number of carbonyl (C=O) groups excluding carboxylic acids is 1. The maximum absolute atomic E-state index is 13.2. The van der Waals surface area contributed by atoms with Gasteiger partial charge in [-0.25, -0.2) is 8.42 Å². The van der Waals surface area contributed by atoms with E-state index in [4.69, 9.17) is 0 Å². The summed E-state index contributed by atoms with van der Waals surface area (Å²) in [6.07, 6.45) is 2.76. The van der Waals surface area contributed by atoms with Crippen LogP contribution in [0.4, 0.5) is 0 Å². The van der Waals surface area contributed by atoms with E-state index in [1.54, 1.807) is 18.3 Å². The number of piperidine rings is 1. The van der Waals surface area contributed by atoms with Crippen LogP contribution in [0, 0.1) is 18.8 Å². The molecule has 1 saturated heterocycles. The van der Waals surface area contributed by atoms with Crippen LogP contribution in [0.1, 0.15) is 39.2 Å². The minimum atomic E-state index is -3.65. The number of hydrogen-bond donors (Lipinski definition) is 1. The summed E-state index contributed by atoms with van der Waals surface area (Å²) in [6.45, 7) is 8.76. The second-order valence-electron chi connectivity index (χ2n) is 8.06. The highest BCUT2D eigenvalue weighted by molar-refractivity contribution is 7.89. The summed E-state index contributed by atoms with van der Waals surface area (Å²) in [5.74, 6) is 0.258. The highest BCUT2D eigenvalue weighted by atomic mass is 32.2. The van der Waals surface area contributed by atoms with Crippen LogP contribution in [0.5, 0.6) is 0 Å². The smallest absolute Gasteiger partial charge is 0.245 e. The van der Waals surface area contributed by atoms with Gasteiger partial charge in [0.2, 0.25) is 15.9 Å². The van der Waals surface area contributed by atoms with E-state index in [9.17, 15) is 13.2 Å². The Kier molecular flexibility index (Phi) is 6.05. The summed E-state index contributed by atoms with van der Waals surface area (Å²) in [7, 11) is -3.65. The van der Waals surface area contributed by atoms with Gasteiger partial charge in [0.15, 0.2) is 0 Å². The van der Waals surface area contributed by atoms with Crippen LogP contribution in [0.2, 0.25) is 0 Å². The van der Waals surface area contributed by atoms with Gasteiger partial charge in [0, 0.05) is 36.6 Å². The predicted octanol–water partition coefficient (Wildman–Crippen LogP) is 3.10. The van der Waals surface area contributed by atoms with Gasteiger partial charge in [-0.15, -0.1) is 0 Å². The molecule has 1 N–H and O–H groups in total. The number of fused-ring (bicyclic) bond motifs is 1. The Labute approximate surface area is 167 Å². The first-order chi connectivity index (χ1) is 13.2. The number of aryl methyl sites for hydroxylation is 1. The standard InChI is InChI=1S/C21H29N3O3S/c1-14(2)16(4)23-21(25)17-8-10-24(11-9-17)28(26,27)19-7-5-6-18-12-15(3)13-22-20(18)19/h5-7,12-14,16-17H,8-11H2,1-4H3,(H,23,25). The van der Waals surface area contributed by atoms with E-state index in [0.29, 0.717) is 37.4 Å². The van der Waals surface area contributed by atoms with Gasteiger partial charge in [-0.3, -0.25) is 9.78 Å². The molecule has 1 aliphatic heterocycles.